The van der Waals surface area contributed by atoms with Gasteiger partial charge < -0.3 is 12.6 Å². The molecule has 0 saturated heterocycles. The van der Waals surface area contributed by atoms with E-state index in [1.165, 1.54) is 0 Å². The first-order valence-corrected chi connectivity index (χ1v) is 6.81. The van der Waals surface area contributed by atoms with E-state index in [1.54, 1.807) is 54.6 Å². The maximum atomic E-state index is 14.3. The van der Waals surface area contributed by atoms with Crippen molar-refractivity contribution in [2.45, 2.75) is 4.90 Å². The Morgan fingerprint density at radius 2 is 1.11 bits per heavy atom. The predicted octanol–water partition coefficient (Wildman–Crippen LogP) is 4.99. The minimum Gasteiger partial charge on any atom is -0.799 e. The van der Waals surface area contributed by atoms with Gasteiger partial charge in [0.2, 0.25) is 0 Å². The van der Waals surface area contributed by atoms with Crippen LogP contribution in [-0.4, -0.2) is 0 Å². The van der Waals surface area contributed by atoms with Crippen LogP contribution >= 0.6 is 0 Å². The van der Waals surface area contributed by atoms with E-state index < -0.39 is 11.6 Å². The van der Waals surface area contributed by atoms with Gasteiger partial charge in [-0.05, 0) is 5.56 Å². The summed E-state index contributed by atoms with van der Waals surface area (Å²) in [7, 11) is 0. The molecule has 0 aliphatic heterocycles. The van der Waals surface area contributed by atoms with E-state index in [0.29, 0.717) is 16.0 Å². The Kier molecular flexibility index (Phi) is 28.3. The molecular formula is C18H10F2SY6-2. The fourth-order valence-electron chi connectivity index (χ4n) is 2.20. The summed E-state index contributed by atoms with van der Waals surface area (Å²) in [5.41, 5.74) is 1.50. The van der Waals surface area contributed by atoms with Gasteiger partial charge in [-0.25, -0.2) is 8.78 Å². The molecule has 0 bridgehead atoms. The van der Waals surface area contributed by atoms with Gasteiger partial charge in [0.25, 0.3) is 0 Å². The fraction of sp³-hybridized carbons (Fsp3) is 0. The zero-order valence-corrected chi connectivity index (χ0v) is 32.2. The smallest absolute Gasteiger partial charge is 0.157 e. The molecule has 0 aliphatic carbocycles. The third kappa shape index (κ3) is 10.9. The monoisotopic (exact) mass is 829 g/mol. The molecule has 0 aliphatic rings. The molecule has 0 aromatic heterocycles. The van der Waals surface area contributed by atoms with Crippen LogP contribution in [0.4, 0.5) is 8.78 Å². The van der Waals surface area contributed by atoms with Gasteiger partial charge in [-0.15, -0.1) is 17.7 Å². The van der Waals surface area contributed by atoms with Gasteiger partial charge in [-0.2, -0.15) is 12.1 Å². The Labute approximate surface area is 315 Å². The van der Waals surface area contributed by atoms with Crippen molar-refractivity contribution in [3.63, 3.8) is 0 Å². The average Bonchev–Trinajstić information content (AvgIpc) is 2.51. The van der Waals surface area contributed by atoms with Crippen molar-refractivity contribution in [3.8, 4) is 22.3 Å². The molecular weight excluding hydrogens is 820 g/mol. The van der Waals surface area contributed by atoms with E-state index in [9.17, 15) is 8.78 Å². The predicted molar refractivity (Wildman–Crippen MR) is 81.7 cm³/mol. The van der Waals surface area contributed by atoms with Crippen molar-refractivity contribution in [1.82, 2.24) is 0 Å². The van der Waals surface area contributed by atoms with Crippen LogP contribution in [0.3, 0.4) is 0 Å². The second-order valence-electron chi connectivity index (χ2n) is 4.58. The van der Waals surface area contributed by atoms with Crippen molar-refractivity contribution in [2.24, 2.45) is 0 Å². The van der Waals surface area contributed by atoms with Crippen LogP contribution in [-0.2, 0) is 209 Å². The Balaban J connectivity index is -0.000000441. The third-order valence-corrected chi connectivity index (χ3v) is 3.46. The molecule has 0 N–H and O–H groups in total. The minimum absolute atomic E-state index is 0. The quantitative estimate of drug-likeness (QED) is 0.260. The zero-order chi connectivity index (χ0) is 14.8. The van der Waals surface area contributed by atoms with Gasteiger partial charge in [0.15, 0.2) is 5.82 Å². The number of hydrogen-bond donors (Lipinski definition) is 0. The third-order valence-electron chi connectivity index (χ3n) is 3.23. The van der Waals surface area contributed by atoms with E-state index in [-0.39, 0.29) is 207 Å². The first-order chi connectivity index (χ1) is 10.2. The van der Waals surface area contributed by atoms with Crippen LogP contribution in [0.2, 0.25) is 0 Å². The summed E-state index contributed by atoms with van der Waals surface area (Å²) in [6, 6.07) is 19.9. The van der Waals surface area contributed by atoms with Gasteiger partial charge in [-0.1, -0.05) is 48.0 Å². The van der Waals surface area contributed by atoms with E-state index in [4.69, 9.17) is 12.6 Å². The Morgan fingerprint density at radius 3 is 1.67 bits per heavy atom. The summed E-state index contributed by atoms with van der Waals surface area (Å²) < 4.78 is 28.7. The molecule has 0 atom stereocenters. The van der Waals surface area contributed by atoms with Crippen LogP contribution in [0, 0.1) is 17.7 Å². The molecule has 122 valence electrons. The number of halogens is 2. The summed E-state index contributed by atoms with van der Waals surface area (Å²) in [4.78, 5) is 0.472. The SMILES string of the molecule is Fc1c(-c2[c-]c([S-])ccc2)ccc(-c2ccccc2)c1F.[Y].[Y].[Y].[Y].[Y].[Y]. The standard InChI is InChI=1S/C18H11F2S.6Y/c19-17-15(12-5-2-1-3-6-12)9-10-16(18(17)20)13-7-4-8-14(21)11-13;;;;;;/h1-10,21H;;;;;;/q-1;;;;;;/p-1. The molecule has 9 heteroatoms. The van der Waals surface area contributed by atoms with Crippen LogP contribution in [0.25, 0.3) is 22.3 Å². The van der Waals surface area contributed by atoms with Crippen molar-refractivity contribution >= 4 is 12.6 Å². The van der Waals surface area contributed by atoms with E-state index in [2.05, 4.69) is 6.07 Å². The summed E-state index contributed by atoms with van der Waals surface area (Å²) >= 11 is 5.01. The average molecular weight is 830 g/mol. The van der Waals surface area contributed by atoms with E-state index in [0.717, 1.165) is 0 Å². The summed E-state index contributed by atoms with van der Waals surface area (Å²) in [5, 5.41) is 0. The van der Waals surface area contributed by atoms with E-state index >= 15 is 0 Å². The fourth-order valence-corrected chi connectivity index (χ4v) is 2.39. The maximum absolute atomic E-state index is 14.3. The van der Waals surface area contributed by atoms with Crippen molar-refractivity contribution < 1.29 is 205 Å². The normalized spacial score (nSPS) is 8.22. The molecule has 3 rings (SSSR count). The first-order valence-electron chi connectivity index (χ1n) is 6.40. The molecule has 0 heterocycles. The maximum Gasteiger partial charge on any atom is 0.157 e. The van der Waals surface area contributed by atoms with Crippen LogP contribution in [0.5, 0.6) is 0 Å². The van der Waals surface area contributed by atoms with Gasteiger partial charge >= 0.3 is 0 Å². The number of hydrogen-bond acceptors (Lipinski definition) is 1. The molecule has 3 aromatic rings. The van der Waals surface area contributed by atoms with Crippen molar-refractivity contribution in [1.29, 1.82) is 0 Å². The van der Waals surface area contributed by atoms with Crippen LogP contribution < -0.4 is 0 Å². The van der Waals surface area contributed by atoms with Gasteiger partial charge in [0, 0.05) is 202 Å². The Bertz CT molecular complexity index is 803. The molecule has 6 radical (unpaired) electrons. The molecule has 0 fully saturated rings. The van der Waals surface area contributed by atoms with Crippen molar-refractivity contribution in [3.05, 3.63) is 78.4 Å². The van der Waals surface area contributed by atoms with Crippen molar-refractivity contribution in [2.75, 3.05) is 0 Å². The number of rotatable bonds is 2. The zero-order valence-electron chi connectivity index (χ0n) is 14.4. The van der Waals surface area contributed by atoms with Crippen LogP contribution in [0.1, 0.15) is 0 Å². The van der Waals surface area contributed by atoms with Gasteiger partial charge in [-0.3, -0.25) is 4.90 Å². The minimum atomic E-state index is -0.881. The second kappa shape index (κ2) is 19.8. The second-order valence-corrected chi connectivity index (χ2v) is 5.02. The van der Waals surface area contributed by atoms with E-state index in [1.807, 2.05) is 6.07 Å². The summed E-state index contributed by atoms with van der Waals surface area (Å²) in [6.45, 7) is 0. The molecule has 0 nitrogen and oxygen atoms in total. The first kappa shape index (κ1) is 38.6. The molecule has 0 spiro atoms. The largest absolute Gasteiger partial charge is 0.799 e. The summed E-state index contributed by atoms with van der Waals surface area (Å²) in [6.07, 6.45) is 0. The van der Waals surface area contributed by atoms with Gasteiger partial charge in [0.1, 0.15) is 5.82 Å². The molecule has 3 aromatic carbocycles. The molecule has 27 heavy (non-hydrogen) atoms. The number of benzene rings is 3. The topological polar surface area (TPSA) is 0 Å². The molecule has 0 unspecified atom stereocenters. The van der Waals surface area contributed by atoms with Crippen LogP contribution in [0.15, 0.2) is 65.6 Å². The molecule has 0 saturated carbocycles. The molecule has 0 amide bonds. The Hall–Kier alpha value is 4.36. The Morgan fingerprint density at radius 1 is 0.593 bits per heavy atom. The van der Waals surface area contributed by atoms with Gasteiger partial charge in [0.05, 0.1) is 0 Å². The summed E-state index contributed by atoms with van der Waals surface area (Å²) in [5.74, 6) is -1.74.